The second-order valence-corrected chi connectivity index (χ2v) is 5.61. The van der Waals surface area contributed by atoms with E-state index in [9.17, 15) is 4.39 Å². The summed E-state index contributed by atoms with van der Waals surface area (Å²) in [7, 11) is 0. The number of anilines is 2. The molecular formula is C14H12FN3S. The van der Waals surface area contributed by atoms with Gasteiger partial charge in [0.15, 0.2) is 5.13 Å². The highest BCUT2D eigenvalue weighted by Gasteiger charge is 2.15. The van der Waals surface area contributed by atoms with Gasteiger partial charge in [-0.3, -0.25) is 0 Å². The largest absolute Gasteiger partial charge is 0.329 e. The molecular weight excluding hydrogens is 261 g/mol. The molecule has 1 heterocycles. The average molecular weight is 273 g/mol. The normalized spacial score (nSPS) is 13.7. The number of nitriles is 1. The van der Waals surface area contributed by atoms with E-state index in [0.29, 0.717) is 11.3 Å². The van der Waals surface area contributed by atoms with Crippen molar-refractivity contribution in [1.29, 1.82) is 5.26 Å². The number of aryl methyl sites for hydroxylation is 2. The van der Waals surface area contributed by atoms with E-state index in [1.807, 2.05) is 6.07 Å². The van der Waals surface area contributed by atoms with E-state index in [2.05, 4.69) is 10.3 Å². The molecule has 0 fully saturated rings. The second-order valence-electron chi connectivity index (χ2n) is 4.53. The van der Waals surface area contributed by atoms with Crippen molar-refractivity contribution in [3.8, 4) is 6.07 Å². The summed E-state index contributed by atoms with van der Waals surface area (Å²) in [5.41, 5.74) is 1.83. The van der Waals surface area contributed by atoms with Gasteiger partial charge in [-0.15, -0.1) is 11.3 Å². The predicted molar refractivity (Wildman–Crippen MR) is 73.2 cm³/mol. The van der Waals surface area contributed by atoms with E-state index in [1.54, 1.807) is 23.5 Å². The van der Waals surface area contributed by atoms with Gasteiger partial charge in [-0.2, -0.15) is 5.26 Å². The smallest absolute Gasteiger partial charge is 0.187 e. The van der Waals surface area contributed by atoms with Crippen LogP contribution < -0.4 is 5.32 Å². The zero-order valence-corrected chi connectivity index (χ0v) is 11.1. The summed E-state index contributed by atoms with van der Waals surface area (Å²) in [4.78, 5) is 5.81. The van der Waals surface area contributed by atoms with Gasteiger partial charge in [-0.05, 0) is 43.9 Å². The lowest BCUT2D eigenvalue weighted by molar-refractivity contribution is 0.631. The summed E-state index contributed by atoms with van der Waals surface area (Å²) >= 11 is 1.59. The Hall–Kier alpha value is -1.93. The fraction of sp³-hybridized carbons (Fsp3) is 0.286. The molecule has 0 saturated heterocycles. The van der Waals surface area contributed by atoms with Crippen LogP contribution in [-0.2, 0) is 12.8 Å². The third-order valence-electron chi connectivity index (χ3n) is 3.19. The molecule has 2 aromatic rings. The van der Waals surface area contributed by atoms with Gasteiger partial charge in [0.05, 0.1) is 23.0 Å². The van der Waals surface area contributed by atoms with E-state index in [-0.39, 0.29) is 0 Å². The minimum Gasteiger partial charge on any atom is -0.329 e. The highest BCUT2D eigenvalue weighted by Crippen LogP contribution is 2.31. The summed E-state index contributed by atoms with van der Waals surface area (Å²) in [6, 6.07) is 6.32. The van der Waals surface area contributed by atoms with Crippen molar-refractivity contribution in [2.75, 3.05) is 5.32 Å². The quantitative estimate of drug-likeness (QED) is 0.906. The molecule has 0 radical (unpaired) electrons. The monoisotopic (exact) mass is 273 g/mol. The van der Waals surface area contributed by atoms with Gasteiger partial charge >= 0.3 is 0 Å². The number of nitrogens with one attached hydrogen (secondary N) is 1. The first-order chi connectivity index (χ1) is 9.26. The zero-order valence-electron chi connectivity index (χ0n) is 10.2. The van der Waals surface area contributed by atoms with Crippen LogP contribution in [0.15, 0.2) is 18.2 Å². The lowest BCUT2D eigenvalue weighted by atomic mass is 10.0. The number of nitrogens with zero attached hydrogens (tertiary/aromatic N) is 2. The van der Waals surface area contributed by atoms with Crippen LogP contribution in [0.25, 0.3) is 0 Å². The molecule has 1 N–H and O–H groups in total. The van der Waals surface area contributed by atoms with Crippen molar-refractivity contribution in [3.05, 3.63) is 40.2 Å². The summed E-state index contributed by atoms with van der Waals surface area (Å²) < 4.78 is 13.8. The Morgan fingerprint density at radius 3 is 2.89 bits per heavy atom. The number of benzene rings is 1. The van der Waals surface area contributed by atoms with Crippen molar-refractivity contribution in [3.63, 3.8) is 0 Å². The maximum absolute atomic E-state index is 13.8. The number of fused-ring (bicyclic) bond motifs is 1. The highest BCUT2D eigenvalue weighted by molar-refractivity contribution is 7.15. The topological polar surface area (TPSA) is 48.7 Å². The van der Waals surface area contributed by atoms with Gasteiger partial charge in [0.25, 0.3) is 0 Å². The molecule has 0 amide bonds. The van der Waals surface area contributed by atoms with E-state index in [1.165, 1.54) is 23.8 Å². The second kappa shape index (κ2) is 4.98. The first-order valence-electron chi connectivity index (χ1n) is 6.21. The van der Waals surface area contributed by atoms with E-state index in [0.717, 1.165) is 23.7 Å². The standard InChI is InChI=1S/C14H12FN3S/c15-10-7-9(8-16)5-6-11(10)17-14-18-12-3-1-2-4-13(12)19-14/h5-7H,1-4H2,(H,17,18). The molecule has 1 aliphatic carbocycles. The van der Waals surface area contributed by atoms with Gasteiger partial charge in [-0.25, -0.2) is 9.37 Å². The van der Waals surface area contributed by atoms with Gasteiger partial charge in [0.1, 0.15) is 5.82 Å². The zero-order chi connectivity index (χ0) is 13.2. The predicted octanol–water partition coefficient (Wildman–Crippen LogP) is 3.78. The highest BCUT2D eigenvalue weighted by atomic mass is 32.1. The Kier molecular flexibility index (Phi) is 3.18. The van der Waals surface area contributed by atoms with E-state index < -0.39 is 5.82 Å². The third-order valence-corrected chi connectivity index (χ3v) is 4.26. The van der Waals surface area contributed by atoms with Crippen molar-refractivity contribution < 1.29 is 4.39 Å². The Balaban J connectivity index is 1.85. The van der Waals surface area contributed by atoms with Gasteiger partial charge in [-0.1, -0.05) is 0 Å². The number of rotatable bonds is 2. The van der Waals surface area contributed by atoms with Crippen molar-refractivity contribution in [1.82, 2.24) is 4.98 Å². The summed E-state index contributed by atoms with van der Waals surface area (Å²) in [5, 5.41) is 12.4. The van der Waals surface area contributed by atoms with Crippen LogP contribution in [0.4, 0.5) is 15.2 Å². The fourth-order valence-electron chi connectivity index (χ4n) is 2.21. The maximum atomic E-state index is 13.8. The Bertz CT molecular complexity index is 634. The Morgan fingerprint density at radius 1 is 1.32 bits per heavy atom. The molecule has 5 heteroatoms. The molecule has 0 saturated carbocycles. The number of aromatic nitrogens is 1. The van der Waals surface area contributed by atoms with Crippen LogP contribution in [-0.4, -0.2) is 4.98 Å². The van der Waals surface area contributed by atoms with E-state index in [4.69, 9.17) is 5.26 Å². The van der Waals surface area contributed by atoms with Gasteiger partial charge in [0.2, 0.25) is 0 Å². The Morgan fingerprint density at radius 2 is 2.16 bits per heavy atom. The fourth-order valence-corrected chi connectivity index (χ4v) is 3.27. The number of thiazole rings is 1. The van der Waals surface area contributed by atoms with Crippen LogP contribution in [0.3, 0.4) is 0 Å². The number of halogens is 1. The van der Waals surface area contributed by atoms with Gasteiger partial charge in [0, 0.05) is 4.88 Å². The Labute approximate surface area is 114 Å². The molecule has 0 bridgehead atoms. The first kappa shape index (κ1) is 12.1. The summed E-state index contributed by atoms with van der Waals surface area (Å²) in [6.07, 6.45) is 4.48. The molecule has 0 unspecified atom stereocenters. The first-order valence-corrected chi connectivity index (χ1v) is 7.03. The molecule has 19 heavy (non-hydrogen) atoms. The van der Waals surface area contributed by atoms with Crippen LogP contribution in [0.5, 0.6) is 0 Å². The number of hydrogen-bond donors (Lipinski definition) is 1. The summed E-state index contributed by atoms with van der Waals surface area (Å²) in [5.74, 6) is -0.424. The number of hydrogen-bond acceptors (Lipinski definition) is 4. The lowest BCUT2D eigenvalue weighted by Gasteiger charge is -2.06. The molecule has 96 valence electrons. The van der Waals surface area contributed by atoms with Gasteiger partial charge < -0.3 is 5.32 Å². The molecule has 1 aliphatic rings. The maximum Gasteiger partial charge on any atom is 0.187 e. The van der Waals surface area contributed by atoms with Crippen molar-refractivity contribution >= 4 is 22.2 Å². The molecule has 3 nitrogen and oxygen atoms in total. The molecule has 0 aliphatic heterocycles. The van der Waals surface area contributed by atoms with Crippen molar-refractivity contribution in [2.24, 2.45) is 0 Å². The average Bonchev–Trinajstić information content (AvgIpc) is 2.83. The molecule has 0 atom stereocenters. The van der Waals surface area contributed by atoms with Crippen molar-refractivity contribution in [2.45, 2.75) is 25.7 Å². The SMILES string of the molecule is N#Cc1ccc(Nc2nc3c(s2)CCCC3)c(F)c1. The minimum atomic E-state index is -0.424. The molecule has 0 spiro atoms. The molecule has 3 rings (SSSR count). The van der Waals surface area contributed by atoms with Crippen LogP contribution in [0, 0.1) is 17.1 Å². The third kappa shape index (κ3) is 2.45. The van der Waals surface area contributed by atoms with Crippen LogP contribution >= 0.6 is 11.3 Å². The van der Waals surface area contributed by atoms with E-state index >= 15 is 0 Å². The van der Waals surface area contributed by atoms with Crippen LogP contribution in [0.1, 0.15) is 29.0 Å². The lowest BCUT2D eigenvalue weighted by Crippen LogP contribution is -1.99. The molecule has 1 aromatic carbocycles. The summed E-state index contributed by atoms with van der Waals surface area (Å²) in [6.45, 7) is 0. The molecule has 1 aromatic heterocycles. The van der Waals surface area contributed by atoms with Crippen LogP contribution in [0.2, 0.25) is 0 Å². The minimum absolute atomic E-state index is 0.321.